The third-order valence-electron chi connectivity index (χ3n) is 3.90. The summed E-state index contributed by atoms with van der Waals surface area (Å²) in [5.41, 5.74) is 2.93. The highest BCUT2D eigenvalue weighted by Gasteiger charge is 2.20. The molecule has 6 heteroatoms. The van der Waals surface area contributed by atoms with Crippen molar-refractivity contribution in [2.24, 2.45) is 0 Å². The van der Waals surface area contributed by atoms with Crippen LogP contribution in [0.2, 0.25) is 0 Å². The van der Waals surface area contributed by atoms with Crippen molar-refractivity contribution in [3.63, 3.8) is 0 Å². The molecular formula is C18H17N3O3. The van der Waals surface area contributed by atoms with Crippen molar-refractivity contribution in [1.82, 2.24) is 14.7 Å². The van der Waals surface area contributed by atoms with Crippen LogP contribution in [0, 0.1) is 6.92 Å². The molecule has 3 rings (SSSR count). The van der Waals surface area contributed by atoms with E-state index in [1.807, 2.05) is 31.2 Å². The van der Waals surface area contributed by atoms with Gasteiger partial charge in [-0.1, -0.05) is 24.3 Å². The predicted molar refractivity (Wildman–Crippen MR) is 88.8 cm³/mol. The van der Waals surface area contributed by atoms with Crippen LogP contribution < -0.4 is 5.32 Å². The second-order valence-corrected chi connectivity index (χ2v) is 5.59. The first-order chi connectivity index (χ1) is 11.5. The molecular weight excluding hydrogens is 306 g/mol. The van der Waals surface area contributed by atoms with Crippen LogP contribution in [0.1, 0.15) is 33.9 Å². The molecule has 2 aromatic heterocycles. The molecule has 24 heavy (non-hydrogen) atoms. The van der Waals surface area contributed by atoms with Gasteiger partial charge in [-0.2, -0.15) is 0 Å². The molecule has 2 heterocycles. The fourth-order valence-corrected chi connectivity index (χ4v) is 2.69. The Hall–Kier alpha value is -3.15. The highest BCUT2D eigenvalue weighted by Crippen LogP contribution is 2.21. The van der Waals surface area contributed by atoms with Crippen molar-refractivity contribution >= 4 is 17.5 Å². The van der Waals surface area contributed by atoms with Crippen molar-refractivity contribution in [1.29, 1.82) is 0 Å². The molecule has 3 aromatic rings. The number of fused-ring (bicyclic) bond motifs is 1. The standard InChI is InChI=1S/C18H17N3O3/c1-12-4-2-3-5-14(12)15(10-17(22)23)20-18(24)13-6-7-16-19-8-9-21(16)11-13/h2-9,11,15H,10H2,1H3,(H,20,24)(H,22,23)/t15-/m1/s1. The summed E-state index contributed by atoms with van der Waals surface area (Å²) in [6.45, 7) is 1.90. The molecule has 0 bridgehead atoms. The topological polar surface area (TPSA) is 83.7 Å². The number of benzene rings is 1. The molecule has 6 nitrogen and oxygen atoms in total. The Morgan fingerprint density at radius 3 is 2.79 bits per heavy atom. The third-order valence-corrected chi connectivity index (χ3v) is 3.90. The first kappa shape index (κ1) is 15.7. The summed E-state index contributed by atoms with van der Waals surface area (Å²) in [6, 6.07) is 10.3. The molecule has 2 N–H and O–H groups in total. The number of aryl methyl sites for hydroxylation is 1. The minimum Gasteiger partial charge on any atom is -0.481 e. The lowest BCUT2D eigenvalue weighted by molar-refractivity contribution is -0.137. The van der Waals surface area contributed by atoms with E-state index in [0.717, 1.165) is 16.8 Å². The first-order valence-corrected chi connectivity index (χ1v) is 7.55. The average Bonchev–Trinajstić information content (AvgIpc) is 3.01. The number of amides is 1. The minimum absolute atomic E-state index is 0.177. The highest BCUT2D eigenvalue weighted by molar-refractivity contribution is 5.94. The molecule has 1 atom stereocenters. The monoisotopic (exact) mass is 323 g/mol. The van der Waals surface area contributed by atoms with Gasteiger partial charge in [0, 0.05) is 18.6 Å². The van der Waals surface area contributed by atoms with E-state index in [-0.39, 0.29) is 12.3 Å². The van der Waals surface area contributed by atoms with Gasteiger partial charge >= 0.3 is 5.97 Å². The summed E-state index contributed by atoms with van der Waals surface area (Å²) in [5, 5.41) is 12.0. The second kappa shape index (κ2) is 6.54. The van der Waals surface area contributed by atoms with Crippen LogP contribution in [0.3, 0.4) is 0 Å². The number of hydrogen-bond acceptors (Lipinski definition) is 3. The maximum atomic E-state index is 12.5. The molecule has 0 radical (unpaired) electrons. The maximum absolute atomic E-state index is 12.5. The highest BCUT2D eigenvalue weighted by atomic mass is 16.4. The van der Waals surface area contributed by atoms with E-state index >= 15 is 0 Å². The summed E-state index contributed by atoms with van der Waals surface area (Å²) in [5.74, 6) is -1.28. The van der Waals surface area contributed by atoms with Gasteiger partial charge in [-0.3, -0.25) is 9.59 Å². The van der Waals surface area contributed by atoms with Gasteiger partial charge in [0.1, 0.15) is 5.65 Å². The van der Waals surface area contributed by atoms with Crippen molar-refractivity contribution in [2.75, 3.05) is 0 Å². The number of hydrogen-bond donors (Lipinski definition) is 2. The van der Waals surface area contributed by atoms with Crippen molar-refractivity contribution in [3.05, 3.63) is 71.7 Å². The van der Waals surface area contributed by atoms with Crippen LogP contribution in [-0.2, 0) is 4.79 Å². The third kappa shape index (κ3) is 3.27. The summed E-state index contributed by atoms with van der Waals surface area (Å²) in [6.07, 6.45) is 4.90. The van der Waals surface area contributed by atoms with E-state index < -0.39 is 12.0 Å². The second-order valence-electron chi connectivity index (χ2n) is 5.59. The molecule has 0 fully saturated rings. The van der Waals surface area contributed by atoms with E-state index in [1.54, 1.807) is 35.1 Å². The van der Waals surface area contributed by atoms with Gasteiger partial charge in [0.2, 0.25) is 0 Å². The number of rotatable bonds is 5. The first-order valence-electron chi connectivity index (χ1n) is 7.55. The zero-order chi connectivity index (χ0) is 17.1. The summed E-state index contributed by atoms with van der Waals surface area (Å²) in [4.78, 5) is 27.9. The number of aromatic nitrogens is 2. The Balaban J connectivity index is 1.87. The number of nitrogens with zero attached hydrogens (tertiary/aromatic N) is 2. The molecule has 0 unspecified atom stereocenters. The maximum Gasteiger partial charge on any atom is 0.305 e. The van der Waals surface area contributed by atoms with Gasteiger partial charge in [-0.15, -0.1) is 0 Å². The molecule has 0 aliphatic rings. The smallest absolute Gasteiger partial charge is 0.305 e. The lowest BCUT2D eigenvalue weighted by Crippen LogP contribution is -2.30. The van der Waals surface area contributed by atoms with Crippen LogP contribution in [0.15, 0.2) is 55.0 Å². The van der Waals surface area contributed by atoms with Crippen LogP contribution in [0.25, 0.3) is 5.65 Å². The van der Waals surface area contributed by atoms with Gasteiger partial charge in [0.25, 0.3) is 5.91 Å². The van der Waals surface area contributed by atoms with Crippen molar-refractivity contribution < 1.29 is 14.7 Å². The SMILES string of the molecule is Cc1ccccc1[C@@H](CC(=O)O)NC(=O)c1ccc2nccn2c1. The molecule has 1 amide bonds. The largest absolute Gasteiger partial charge is 0.481 e. The van der Waals surface area contributed by atoms with Crippen LogP contribution in [0.4, 0.5) is 0 Å². The van der Waals surface area contributed by atoms with Gasteiger partial charge in [0.05, 0.1) is 18.0 Å². The molecule has 0 saturated heterocycles. The van der Waals surface area contributed by atoms with E-state index in [2.05, 4.69) is 10.3 Å². The lowest BCUT2D eigenvalue weighted by atomic mass is 9.98. The van der Waals surface area contributed by atoms with Gasteiger partial charge < -0.3 is 14.8 Å². The molecule has 0 aliphatic heterocycles. The number of carboxylic acid groups (broad SMARTS) is 1. The lowest BCUT2D eigenvalue weighted by Gasteiger charge is -2.19. The number of aliphatic carboxylic acids is 1. The number of carboxylic acids is 1. The fourth-order valence-electron chi connectivity index (χ4n) is 2.69. The minimum atomic E-state index is -0.964. The number of imidazole rings is 1. The molecule has 1 aromatic carbocycles. The van der Waals surface area contributed by atoms with Crippen molar-refractivity contribution in [3.8, 4) is 0 Å². The molecule has 122 valence electrons. The molecule has 0 spiro atoms. The molecule has 0 saturated carbocycles. The number of carbonyl (C=O) groups is 2. The zero-order valence-corrected chi connectivity index (χ0v) is 13.1. The quantitative estimate of drug-likeness (QED) is 0.756. The van der Waals surface area contributed by atoms with Crippen LogP contribution in [0.5, 0.6) is 0 Å². The Kier molecular flexibility index (Phi) is 4.29. The Morgan fingerprint density at radius 1 is 1.25 bits per heavy atom. The Labute approximate surface area is 138 Å². The van der Waals surface area contributed by atoms with E-state index in [4.69, 9.17) is 5.11 Å². The number of pyridine rings is 1. The van der Waals surface area contributed by atoms with Crippen molar-refractivity contribution in [2.45, 2.75) is 19.4 Å². The average molecular weight is 323 g/mol. The number of nitrogens with one attached hydrogen (secondary N) is 1. The predicted octanol–water partition coefficient (Wildman–Crippen LogP) is 2.59. The normalized spacial score (nSPS) is 12.0. The summed E-state index contributed by atoms with van der Waals surface area (Å²) < 4.78 is 1.74. The van der Waals surface area contributed by atoms with E-state index in [9.17, 15) is 9.59 Å². The number of carbonyl (C=O) groups excluding carboxylic acids is 1. The Bertz CT molecular complexity index is 901. The summed E-state index contributed by atoms with van der Waals surface area (Å²) >= 11 is 0. The zero-order valence-electron chi connectivity index (χ0n) is 13.1. The van der Waals surface area contributed by atoms with Crippen LogP contribution in [-0.4, -0.2) is 26.4 Å². The Morgan fingerprint density at radius 2 is 2.04 bits per heavy atom. The van der Waals surface area contributed by atoms with Crippen LogP contribution >= 0.6 is 0 Å². The van der Waals surface area contributed by atoms with E-state index in [1.165, 1.54) is 0 Å². The molecule has 0 aliphatic carbocycles. The van der Waals surface area contributed by atoms with E-state index in [0.29, 0.717) is 5.56 Å². The fraction of sp³-hybridized carbons (Fsp3) is 0.167. The summed E-state index contributed by atoms with van der Waals surface area (Å²) in [7, 11) is 0. The van der Waals surface area contributed by atoms with Gasteiger partial charge in [-0.05, 0) is 30.2 Å². The van der Waals surface area contributed by atoms with Gasteiger partial charge in [0.15, 0.2) is 0 Å². The van der Waals surface area contributed by atoms with Gasteiger partial charge in [-0.25, -0.2) is 4.98 Å².